The van der Waals surface area contributed by atoms with Crippen LogP contribution in [0.15, 0.2) is 0 Å². The first-order valence-electron chi connectivity index (χ1n) is 9.45. The first kappa shape index (κ1) is 16.7. The average Bonchev–Trinajstić information content (AvgIpc) is 3.25. The Kier molecular flexibility index (Phi) is 5.57. The van der Waals surface area contributed by atoms with Crippen LogP contribution in [0.3, 0.4) is 0 Å². The van der Waals surface area contributed by atoms with E-state index in [0.717, 1.165) is 45.1 Å². The minimum absolute atomic E-state index is 0.0835. The monoisotopic (exact) mass is 321 g/mol. The maximum atomic E-state index is 12.9. The van der Waals surface area contributed by atoms with Crippen LogP contribution in [0.5, 0.6) is 0 Å². The molecule has 0 aromatic carbocycles. The Bertz CT molecular complexity index is 420. The maximum Gasteiger partial charge on any atom is 0.245 e. The smallest absolute Gasteiger partial charge is 0.245 e. The fourth-order valence-electron chi connectivity index (χ4n) is 4.66. The van der Waals surface area contributed by atoms with E-state index in [1.54, 1.807) is 0 Å². The van der Waals surface area contributed by atoms with Gasteiger partial charge in [0.1, 0.15) is 6.04 Å². The van der Waals surface area contributed by atoms with Crippen LogP contribution >= 0.6 is 0 Å². The van der Waals surface area contributed by atoms with Crippen molar-refractivity contribution in [1.29, 1.82) is 0 Å². The van der Waals surface area contributed by atoms with Crippen molar-refractivity contribution in [2.24, 2.45) is 5.92 Å². The van der Waals surface area contributed by atoms with Crippen LogP contribution in [0.1, 0.15) is 58.3 Å². The lowest BCUT2D eigenvalue weighted by Gasteiger charge is -2.40. The lowest BCUT2D eigenvalue weighted by Crippen LogP contribution is -2.57. The minimum Gasteiger partial charge on any atom is -0.344 e. The van der Waals surface area contributed by atoms with Gasteiger partial charge in [0.15, 0.2) is 0 Å². The third-order valence-electron chi connectivity index (χ3n) is 5.96. The van der Waals surface area contributed by atoms with Crippen molar-refractivity contribution in [3.8, 4) is 0 Å². The van der Waals surface area contributed by atoms with E-state index in [1.807, 2.05) is 4.90 Å². The van der Waals surface area contributed by atoms with Gasteiger partial charge in [0.2, 0.25) is 11.8 Å². The van der Waals surface area contributed by atoms with Crippen LogP contribution in [-0.4, -0.2) is 59.9 Å². The Morgan fingerprint density at radius 1 is 0.913 bits per heavy atom. The standard InChI is InChI=1S/C18H31N3O2/c1-14(22)19-17(15-6-2-3-7-15)18(23)21-12-10-20(11-13-21)16-8-4-5-9-16/h15-17H,2-13H2,1H3,(H,19,22). The van der Waals surface area contributed by atoms with Gasteiger partial charge in [-0.2, -0.15) is 0 Å². The highest BCUT2D eigenvalue weighted by molar-refractivity contribution is 5.87. The van der Waals surface area contributed by atoms with Gasteiger partial charge in [0, 0.05) is 39.1 Å². The number of carbonyl (C=O) groups is 2. The Morgan fingerprint density at radius 2 is 1.48 bits per heavy atom. The lowest BCUT2D eigenvalue weighted by atomic mass is 9.96. The van der Waals surface area contributed by atoms with Crippen LogP contribution < -0.4 is 5.32 Å². The summed E-state index contributed by atoms with van der Waals surface area (Å²) in [5.41, 5.74) is 0. The molecule has 5 heteroatoms. The van der Waals surface area contributed by atoms with E-state index in [4.69, 9.17) is 0 Å². The molecule has 2 saturated carbocycles. The molecule has 0 radical (unpaired) electrons. The predicted octanol–water partition coefficient (Wildman–Crippen LogP) is 1.77. The third kappa shape index (κ3) is 4.06. The quantitative estimate of drug-likeness (QED) is 0.858. The Balaban J connectivity index is 1.56. The van der Waals surface area contributed by atoms with Gasteiger partial charge in [0.25, 0.3) is 0 Å². The number of hydrogen-bond acceptors (Lipinski definition) is 3. The second kappa shape index (κ2) is 7.65. The van der Waals surface area contributed by atoms with Crippen molar-refractivity contribution in [2.45, 2.75) is 70.4 Å². The van der Waals surface area contributed by atoms with Crippen molar-refractivity contribution in [3.63, 3.8) is 0 Å². The first-order chi connectivity index (χ1) is 11.1. The molecule has 0 spiro atoms. The van der Waals surface area contributed by atoms with Crippen molar-refractivity contribution < 1.29 is 9.59 Å². The minimum atomic E-state index is -0.298. The summed E-state index contributed by atoms with van der Waals surface area (Å²) in [6.45, 7) is 5.14. The summed E-state index contributed by atoms with van der Waals surface area (Å²) in [5, 5.41) is 2.94. The zero-order valence-corrected chi connectivity index (χ0v) is 14.4. The van der Waals surface area contributed by atoms with Crippen molar-refractivity contribution in [2.75, 3.05) is 26.2 Å². The van der Waals surface area contributed by atoms with E-state index in [2.05, 4.69) is 10.2 Å². The molecule has 1 heterocycles. The second-order valence-corrected chi connectivity index (χ2v) is 7.52. The van der Waals surface area contributed by atoms with Gasteiger partial charge in [-0.3, -0.25) is 14.5 Å². The van der Waals surface area contributed by atoms with Crippen LogP contribution in [0.4, 0.5) is 0 Å². The number of nitrogens with zero attached hydrogens (tertiary/aromatic N) is 2. The Hall–Kier alpha value is -1.10. The number of carbonyl (C=O) groups excluding carboxylic acids is 2. The van der Waals surface area contributed by atoms with E-state index in [0.29, 0.717) is 5.92 Å². The summed E-state index contributed by atoms with van der Waals surface area (Å²) in [7, 11) is 0. The molecule has 3 aliphatic rings. The highest BCUT2D eigenvalue weighted by Gasteiger charge is 2.36. The Labute approximate surface area is 139 Å². The molecule has 1 atom stereocenters. The van der Waals surface area contributed by atoms with Gasteiger partial charge in [-0.25, -0.2) is 0 Å². The maximum absolute atomic E-state index is 12.9. The number of hydrogen-bond donors (Lipinski definition) is 1. The zero-order valence-electron chi connectivity index (χ0n) is 14.4. The molecular formula is C18H31N3O2. The molecule has 1 aliphatic heterocycles. The zero-order chi connectivity index (χ0) is 16.2. The van der Waals surface area contributed by atoms with Gasteiger partial charge in [-0.05, 0) is 31.6 Å². The molecule has 23 heavy (non-hydrogen) atoms. The van der Waals surface area contributed by atoms with Crippen LogP contribution in [-0.2, 0) is 9.59 Å². The van der Waals surface area contributed by atoms with E-state index >= 15 is 0 Å². The molecule has 1 N–H and O–H groups in total. The fraction of sp³-hybridized carbons (Fsp3) is 0.889. The molecule has 2 aliphatic carbocycles. The molecular weight excluding hydrogens is 290 g/mol. The van der Waals surface area contributed by atoms with Crippen LogP contribution in [0.2, 0.25) is 0 Å². The Morgan fingerprint density at radius 3 is 2.04 bits per heavy atom. The topological polar surface area (TPSA) is 52.7 Å². The van der Waals surface area contributed by atoms with E-state index in [1.165, 1.54) is 45.4 Å². The molecule has 0 bridgehead atoms. The molecule has 2 amide bonds. The number of nitrogens with one attached hydrogen (secondary N) is 1. The van der Waals surface area contributed by atoms with E-state index < -0.39 is 0 Å². The SMILES string of the molecule is CC(=O)NC(C(=O)N1CCN(C2CCCC2)CC1)C1CCCC1. The van der Waals surface area contributed by atoms with Crippen LogP contribution in [0.25, 0.3) is 0 Å². The largest absolute Gasteiger partial charge is 0.344 e. The number of amides is 2. The molecule has 1 saturated heterocycles. The van der Waals surface area contributed by atoms with Crippen molar-refractivity contribution in [3.05, 3.63) is 0 Å². The molecule has 0 aromatic heterocycles. The molecule has 3 fully saturated rings. The van der Waals surface area contributed by atoms with E-state index in [9.17, 15) is 9.59 Å². The van der Waals surface area contributed by atoms with Gasteiger partial charge in [-0.1, -0.05) is 25.7 Å². The molecule has 3 rings (SSSR count). The first-order valence-corrected chi connectivity index (χ1v) is 9.45. The lowest BCUT2D eigenvalue weighted by molar-refractivity contribution is -0.139. The number of rotatable bonds is 4. The summed E-state index contributed by atoms with van der Waals surface area (Å²) in [4.78, 5) is 29.0. The second-order valence-electron chi connectivity index (χ2n) is 7.52. The van der Waals surface area contributed by atoms with Gasteiger partial charge >= 0.3 is 0 Å². The molecule has 0 aromatic rings. The van der Waals surface area contributed by atoms with Crippen molar-refractivity contribution in [1.82, 2.24) is 15.1 Å². The molecule has 5 nitrogen and oxygen atoms in total. The third-order valence-corrected chi connectivity index (χ3v) is 5.96. The summed E-state index contributed by atoms with van der Waals surface area (Å²) >= 11 is 0. The highest BCUT2D eigenvalue weighted by atomic mass is 16.2. The van der Waals surface area contributed by atoms with Gasteiger partial charge < -0.3 is 10.2 Å². The van der Waals surface area contributed by atoms with Gasteiger partial charge in [0.05, 0.1) is 0 Å². The van der Waals surface area contributed by atoms with Gasteiger partial charge in [-0.15, -0.1) is 0 Å². The predicted molar refractivity (Wildman–Crippen MR) is 90.0 cm³/mol. The fourth-order valence-corrected chi connectivity index (χ4v) is 4.66. The highest BCUT2D eigenvalue weighted by Crippen LogP contribution is 2.29. The number of piperazine rings is 1. The van der Waals surface area contributed by atoms with Crippen LogP contribution in [0, 0.1) is 5.92 Å². The molecule has 130 valence electrons. The summed E-state index contributed by atoms with van der Waals surface area (Å²) in [5.74, 6) is 0.400. The van der Waals surface area contributed by atoms with E-state index in [-0.39, 0.29) is 17.9 Å². The summed E-state index contributed by atoms with van der Waals surface area (Å²) in [6, 6.07) is 0.446. The molecule has 1 unspecified atom stereocenters. The normalized spacial score (nSPS) is 25.7. The summed E-state index contributed by atoms with van der Waals surface area (Å²) < 4.78 is 0. The summed E-state index contributed by atoms with van der Waals surface area (Å²) in [6.07, 6.45) is 9.87. The van der Waals surface area contributed by atoms with Crippen molar-refractivity contribution >= 4 is 11.8 Å². The average molecular weight is 321 g/mol.